The molecule has 0 fully saturated rings. The summed E-state index contributed by atoms with van der Waals surface area (Å²) in [6.45, 7) is 7.61. The van der Waals surface area contributed by atoms with Gasteiger partial charge in [0, 0.05) is 0 Å². The van der Waals surface area contributed by atoms with Gasteiger partial charge in [0.2, 0.25) is 0 Å². The molecule has 0 saturated carbocycles. The average Bonchev–Trinajstić information content (AvgIpc) is 1.87. The van der Waals surface area contributed by atoms with E-state index in [4.69, 9.17) is 5.73 Å². The summed E-state index contributed by atoms with van der Waals surface area (Å²) in [5, 5.41) is 0. The zero-order valence-corrected chi connectivity index (χ0v) is 7.56. The molecule has 2 N–H and O–H groups in total. The molecular formula is C9H21N. The second kappa shape index (κ2) is 5.72. The number of hydrogen-bond donors (Lipinski definition) is 1. The van der Waals surface area contributed by atoms with Crippen LogP contribution in [-0.2, 0) is 0 Å². The Bertz CT molecular complexity index is 69.1. The fraction of sp³-hybridized carbons (Fsp3) is 1.00. The lowest BCUT2D eigenvalue weighted by Crippen LogP contribution is -2.10. The highest BCUT2D eigenvalue weighted by Gasteiger charge is 1.99. The molecule has 0 aliphatic heterocycles. The average molecular weight is 143 g/mol. The van der Waals surface area contributed by atoms with Crippen LogP contribution >= 0.6 is 0 Å². The molecule has 0 aliphatic rings. The van der Waals surface area contributed by atoms with Crippen molar-refractivity contribution < 1.29 is 0 Å². The van der Waals surface area contributed by atoms with Crippen molar-refractivity contribution in [1.29, 1.82) is 0 Å². The fourth-order valence-corrected chi connectivity index (χ4v) is 0.992. The van der Waals surface area contributed by atoms with E-state index in [9.17, 15) is 0 Å². The summed E-state index contributed by atoms with van der Waals surface area (Å²) in [6, 6.07) is 0. The quantitative estimate of drug-likeness (QED) is 0.628. The van der Waals surface area contributed by atoms with Crippen LogP contribution in [0.3, 0.4) is 0 Å². The van der Waals surface area contributed by atoms with Crippen LogP contribution in [0.4, 0.5) is 0 Å². The first-order valence-corrected chi connectivity index (χ1v) is 4.37. The Balaban J connectivity index is 3.03. The largest absolute Gasteiger partial charge is 0.330 e. The molecule has 0 aliphatic carbocycles. The molecule has 0 aromatic rings. The Kier molecular flexibility index (Phi) is 5.70. The molecule has 1 unspecified atom stereocenters. The molecule has 0 rings (SSSR count). The van der Waals surface area contributed by atoms with E-state index in [0.717, 1.165) is 18.4 Å². The molecule has 62 valence electrons. The summed E-state index contributed by atoms with van der Waals surface area (Å²) in [5.41, 5.74) is 5.49. The standard InChI is InChI=1S/C9H21N/c1-8(2)5-4-6-9(3)7-10/h8-9H,4-7,10H2,1-3H3. The highest BCUT2D eigenvalue weighted by Crippen LogP contribution is 2.10. The normalized spacial score (nSPS) is 14.1. The molecule has 0 heterocycles. The summed E-state index contributed by atoms with van der Waals surface area (Å²) in [5.74, 6) is 1.57. The molecule has 0 radical (unpaired) electrons. The molecule has 1 nitrogen and oxygen atoms in total. The van der Waals surface area contributed by atoms with E-state index >= 15 is 0 Å². The van der Waals surface area contributed by atoms with Gasteiger partial charge in [0.05, 0.1) is 0 Å². The van der Waals surface area contributed by atoms with Crippen LogP contribution in [0, 0.1) is 11.8 Å². The minimum atomic E-state index is 0.721. The van der Waals surface area contributed by atoms with Gasteiger partial charge in [0.1, 0.15) is 0 Å². The zero-order valence-electron chi connectivity index (χ0n) is 7.56. The third kappa shape index (κ3) is 6.09. The van der Waals surface area contributed by atoms with Crippen molar-refractivity contribution in [2.24, 2.45) is 17.6 Å². The zero-order chi connectivity index (χ0) is 7.98. The van der Waals surface area contributed by atoms with Crippen LogP contribution in [0.15, 0.2) is 0 Å². The van der Waals surface area contributed by atoms with Crippen molar-refractivity contribution in [3.8, 4) is 0 Å². The van der Waals surface area contributed by atoms with Crippen molar-refractivity contribution in [3.05, 3.63) is 0 Å². The van der Waals surface area contributed by atoms with Crippen LogP contribution in [0.2, 0.25) is 0 Å². The maximum atomic E-state index is 5.49. The summed E-state index contributed by atoms with van der Waals surface area (Å²) in [4.78, 5) is 0. The minimum Gasteiger partial charge on any atom is -0.330 e. The van der Waals surface area contributed by atoms with Crippen molar-refractivity contribution in [2.45, 2.75) is 40.0 Å². The van der Waals surface area contributed by atoms with Crippen LogP contribution in [0.1, 0.15) is 40.0 Å². The van der Waals surface area contributed by atoms with E-state index < -0.39 is 0 Å². The Morgan fingerprint density at radius 2 is 1.70 bits per heavy atom. The minimum absolute atomic E-state index is 0.721. The molecule has 0 aromatic carbocycles. The van der Waals surface area contributed by atoms with Crippen molar-refractivity contribution in [3.63, 3.8) is 0 Å². The lowest BCUT2D eigenvalue weighted by Gasteiger charge is -2.08. The SMILES string of the molecule is CC(C)CCCC(C)CN. The summed E-state index contributed by atoms with van der Waals surface area (Å²) in [6.07, 6.45) is 4.00. The lowest BCUT2D eigenvalue weighted by molar-refractivity contribution is 0.464. The van der Waals surface area contributed by atoms with E-state index in [2.05, 4.69) is 20.8 Å². The predicted molar refractivity (Wildman–Crippen MR) is 46.9 cm³/mol. The van der Waals surface area contributed by atoms with Gasteiger partial charge >= 0.3 is 0 Å². The molecular weight excluding hydrogens is 122 g/mol. The van der Waals surface area contributed by atoms with Crippen LogP contribution in [0.25, 0.3) is 0 Å². The van der Waals surface area contributed by atoms with Crippen molar-refractivity contribution in [1.82, 2.24) is 0 Å². The van der Waals surface area contributed by atoms with Gasteiger partial charge in [0.25, 0.3) is 0 Å². The summed E-state index contributed by atoms with van der Waals surface area (Å²) in [7, 11) is 0. The van der Waals surface area contributed by atoms with Gasteiger partial charge in [-0.15, -0.1) is 0 Å². The maximum absolute atomic E-state index is 5.49. The fourth-order valence-electron chi connectivity index (χ4n) is 0.992. The van der Waals surface area contributed by atoms with Gasteiger partial charge in [-0.25, -0.2) is 0 Å². The van der Waals surface area contributed by atoms with Gasteiger partial charge in [0.15, 0.2) is 0 Å². The number of rotatable bonds is 5. The van der Waals surface area contributed by atoms with E-state index in [1.807, 2.05) is 0 Å². The highest BCUT2D eigenvalue weighted by atomic mass is 14.5. The topological polar surface area (TPSA) is 26.0 Å². The summed E-state index contributed by atoms with van der Waals surface area (Å²) >= 11 is 0. The third-order valence-electron chi connectivity index (χ3n) is 1.88. The second-order valence-electron chi connectivity index (χ2n) is 3.67. The first kappa shape index (κ1) is 9.96. The van der Waals surface area contributed by atoms with Gasteiger partial charge in [-0.2, -0.15) is 0 Å². The molecule has 10 heavy (non-hydrogen) atoms. The molecule has 0 amide bonds. The smallest absolute Gasteiger partial charge is 0.00515 e. The molecule has 0 bridgehead atoms. The third-order valence-corrected chi connectivity index (χ3v) is 1.88. The first-order valence-electron chi connectivity index (χ1n) is 4.37. The van der Waals surface area contributed by atoms with Crippen molar-refractivity contribution in [2.75, 3.05) is 6.54 Å². The van der Waals surface area contributed by atoms with Crippen molar-refractivity contribution >= 4 is 0 Å². The Morgan fingerprint density at radius 3 is 2.10 bits per heavy atom. The Morgan fingerprint density at radius 1 is 1.10 bits per heavy atom. The molecule has 1 atom stereocenters. The van der Waals surface area contributed by atoms with Crippen LogP contribution < -0.4 is 5.73 Å². The highest BCUT2D eigenvalue weighted by molar-refractivity contribution is 4.54. The van der Waals surface area contributed by atoms with Gasteiger partial charge in [-0.1, -0.05) is 33.6 Å². The molecule has 0 aromatic heterocycles. The van der Waals surface area contributed by atoms with Crippen LogP contribution in [-0.4, -0.2) is 6.54 Å². The second-order valence-corrected chi connectivity index (χ2v) is 3.67. The van der Waals surface area contributed by atoms with Gasteiger partial charge in [-0.3, -0.25) is 0 Å². The molecule has 1 heteroatoms. The molecule has 0 spiro atoms. The Hall–Kier alpha value is -0.0400. The first-order chi connectivity index (χ1) is 4.66. The summed E-state index contributed by atoms with van der Waals surface area (Å²) < 4.78 is 0. The number of nitrogens with two attached hydrogens (primary N) is 1. The van der Waals surface area contributed by atoms with E-state index in [1.165, 1.54) is 19.3 Å². The van der Waals surface area contributed by atoms with Gasteiger partial charge < -0.3 is 5.73 Å². The number of hydrogen-bond acceptors (Lipinski definition) is 1. The predicted octanol–water partition coefficient (Wildman–Crippen LogP) is 2.41. The van der Waals surface area contributed by atoms with E-state index in [-0.39, 0.29) is 0 Å². The maximum Gasteiger partial charge on any atom is -0.00515 e. The van der Waals surface area contributed by atoms with E-state index in [0.29, 0.717) is 0 Å². The monoisotopic (exact) mass is 143 g/mol. The molecule has 0 saturated heterocycles. The van der Waals surface area contributed by atoms with Crippen LogP contribution in [0.5, 0.6) is 0 Å². The Labute approximate surface area is 65.0 Å². The van der Waals surface area contributed by atoms with E-state index in [1.54, 1.807) is 0 Å². The lowest BCUT2D eigenvalue weighted by atomic mass is 10.00. The van der Waals surface area contributed by atoms with Gasteiger partial charge in [-0.05, 0) is 24.8 Å².